The monoisotopic (exact) mass is 412 g/mol. The standard InChI is InChI=1S/C21H24N4O5/c22-11-21(16-3-2-14-13(23)4-7-24-25(14)16)18(27)17(26)15(30-21)10-29-19(28)12-8-20(9-12)5-1-6-20/h2-4,7,12,15,17-18,26-27H,1,5-6,8-10,23H2/t15-,17-,18-,21+/m1/s1. The van der Waals surface area contributed by atoms with E-state index in [2.05, 4.69) is 5.10 Å². The maximum Gasteiger partial charge on any atom is 0.309 e. The van der Waals surface area contributed by atoms with Crippen LogP contribution in [0.5, 0.6) is 0 Å². The minimum absolute atomic E-state index is 0.115. The number of aliphatic hydroxyl groups excluding tert-OH is 2. The molecule has 1 spiro atoms. The highest BCUT2D eigenvalue weighted by Gasteiger charge is 2.58. The topological polar surface area (TPSA) is 143 Å². The molecule has 0 aromatic carbocycles. The van der Waals surface area contributed by atoms with Gasteiger partial charge in [-0.15, -0.1) is 0 Å². The smallest absolute Gasteiger partial charge is 0.309 e. The molecule has 5 rings (SSSR count). The molecule has 158 valence electrons. The van der Waals surface area contributed by atoms with Crippen LogP contribution in [0.25, 0.3) is 5.52 Å². The first-order valence-corrected chi connectivity index (χ1v) is 10.2. The molecule has 4 N–H and O–H groups in total. The lowest BCUT2D eigenvalue weighted by Crippen LogP contribution is -2.46. The van der Waals surface area contributed by atoms with E-state index >= 15 is 0 Å². The van der Waals surface area contributed by atoms with Crippen molar-refractivity contribution in [1.29, 1.82) is 5.26 Å². The van der Waals surface area contributed by atoms with Gasteiger partial charge in [-0.1, -0.05) is 6.42 Å². The van der Waals surface area contributed by atoms with Crippen molar-refractivity contribution in [3.63, 3.8) is 0 Å². The third-order valence-electron chi connectivity index (χ3n) is 7.09. The van der Waals surface area contributed by atoms with Crippen LogP contribution in [0.2, 0.25) is 0 Å². The number of hydrogen-bond acceptors (Lipinski definition) is 8. The normalized spacial score (nSPS) is 32.5. The summed E-state index contributed by atoms with van der Waals surface area (Å²) in [6, 6.07) is 6.85. The fourth-order valence-corrected chi connectivity index (χ4v) is 5.15. The van der Waals surface area contributed by atoms with Crippen LogP contribution in [0.3, 0.4) is 0 Å². The number of nitrogens with zero attached hydrogens (tertiary/aromatic N) is 3. The second-order valence-corrected chi connectivity index (χ2v) is 8.83. The molecule has 3 fully saturated rings. The highest BCUT2D eigenvalue weighted by Crippen LogP contribution is 2.58. The summed E-state index contributed by atoms with van der Waals surface area (Å²) in [5.41, 5.74) is 5.69. The Morgan fingerprint density at radius 3 is 2.80 bits per heavy atom. The van der Waals surface area contributed by atoms with Gasteiger partial charge in [0, 0.05) is 6.20 Å². The number of rotatable bonds is 4. The van der Waals surface area contributed by atoms with Crippen LogP contribution in [0, 0.1) is 22.7 Å². The summed E-state index contributed by atoms with van der Waals surface area (Å²) >= 11 is 0. The molecule has 9 nitrogen and oxygen atoms in total. The highest BCUT2D eigenvalue weighted by molar-refractivity contribution is 5.74. The lowest BCUT2D eigenvalue weighted by atomic mass is 9.52. The van der Waals surface area contributed by atoms with E-state index in [4.69, 9.17) is 15.2 Å². The fourth-order valence-electron chi connectivity index (χ4n) is 5.15. The molecule has 2 saturated carbocycles. The average Bonchev–Trinajstić information content (AvgIpc) is 3.20. The molecule has 2 aliphatic carbocycles. The molecule has 3 heterocycles. The van der Waals surface area contributed by atoms with Gasteiger partial charge >= 0.3 is 5.97 Å². The maximum atomic E-state index is 12.4. The van der Waals surface area contributed by atoms with Gasteiger partial charge in [-0.25, -0.2) is 4.52 Å². The van der Waals surface area contributed by atoms with Crippen molar-refractivity contribution in [2.45, 2.75) is 56.0 Å². The number of esters is 1. The van der Waals surface area contributed by atoms with E-state index < -0.39 is 23.9 Å². The van der Waals surface area contributed by atoms with Crippen molar-refractivity contribution in [2.24, 2.45) is 11.3 Å². The number of aromatic nitrogens is 2. The summed E-state index contributed by atoms with van der Waals surface area (Å²) in [7, 11) is 0. The molecule has 0 unspecified atom stereocenters. The first kappa shape index (κ1) is 19.3. The number of aliphatic hydroxyl groups is 2. The minimum atomic E-state index is -1.86. The van der Waals surface area contributed by atoms with Gasteiger partial charge in [0.25, 0.3) is 0 Å². The van der Waals surface area contributed by atoms with Crippen molar-refractivity contribution in [2.75, 3.05) is 12.3 Å². The Bertz CT molecular complexity index is 1030. The largest absolute Gasteiger partial charge is 0.463 e. The zero-order valence-electron chi connectivity index (χ0n) is 16.4. The molecule has 1 aliphatic heterocycles. The Labute approximate surface area is 173 Å². The molecule has 2 aromatic heterocycles. The highest BCUT2D eigenvalue weighted by atomic mass is 16.6. The lowest BCUT2D eigenvalue weighted by molar-refractivity contribution is -0.167. The third kappa shape index (κ3) is 2.64. The van der Waals surface area contributed by atoms with Crippen molar-refractivity contribution >= 4 is 17.2 Å². The summed E-state index contributed by atoms with van der Waals surface area (Å²) < 4.78 is 12.6. The average molecular weight is 412 g/mol. The summed E-state index contributed by atoms with van der Waals surface area (Å²) in [6.45, 7) is -0.233. The second kappa shape index (κ2) is 6.67. The van der Waals surface area contributed by atoms with Crippen LogP contribution < -0.4 is 5.73 Å². The van der Waals surface area contributed by atoms with E-state index in [0.717, 1.165) is 12.8 Å². The Kier molecular flexibility index (Phi) is 4.29. The molecule has 0 bridgehead atoms. The van der Waals surface area contributed by atoms with Gasteiger partial charge in [0.05, 0.1) is 22.8 Å². The third-order valence-corrected chi connectivity index (χ3v) is 7.09. The van der Waals surface area contributed by atoms with E-state index in [1.54, 1.807) is 18.2 Å². The van der Waals surface area contributed by atoms with Gasteiger partial charge in [-0.2, -0.15) is 10.4 Å². The minimum Gasteiger partial charge on any atom is -0.463 e. The molecule has 0 amide bonds. The van der Waals surface area contributed by atoms with Gasteiger partial charge in [-0.3, -0.25) is 4.79 Å². The first-order valence-electron chi connectivity index (χ1n) is 10.2. The predicted octanol–water partition coefficient (Wildman–Crippen LogP) is 0.879. The number of fused-ring (bicyclic) bond motifs is 1. The molecule has 1 saturated heterocycles. The number of nitrogen functional groups attached to an aromatic ring is 1. The van der Waals surface area contributed by atoms with Gasteiger partial charge < -0.3 is 25.4 Å². The molecule has 3 aliphatic rings. The Morgan fingerprint density at radius 2 is 2.13 bits per heavy atom. The van der Waals surface area contributed by atoms with E-state index in [1.807, 2.05) is 6.07 Å². The van der Waals surface area contributed by atoms with Gasteiger partial charge in [0.15, 0.2) is 0 Å². The zero-order chi connectivity index (χ0) is 21.1. The van der Waals surface area contributed by atoms with E-state index in [9.17, 15) is 20.3 Å². The van der Waals surface area contributed by atoms with Crippen LogP contribution in [0.15, 0.2) is 24.4 Å². The summed E-state index contributed by atoms with van der Waals surface area (Å²) in [6.07, 6.45) is 2.80. The molecule has 4 atom stereocenters. The Balaban J connectivity index is 1.32. The summed E-state index contributed by atoms with van der Waals surface area (Å²) in [5.74, 6) is -0.425. The van der Waals surface area contributed by atoms with Gasteiger partial charge in [0.1, 0.15) is 31.0 Å². The number of carbonyl (C=O) groups is 1. The molecular formula is C21H24N4O5. The molecule has 0 radical (unpaired) electrons. The van der Waals surface area contributed by atoms with Crippen LogP contribution in [0.4, 0.5) is 5.69 Å². The Morgan fingerprint density at radius 1 is 1.37 bits per heavy atom. The number of ether oxygens (including phenoxy) is 2. The zero-order valence-corrected chi connectivity index (χ0v) is 16.4. The molecule has 9 heteroatoms. The molecular weight excluding hydrogens is 388 g/mol. The van der Waals surface area contributed by atoms with Crippen LogP contribution in [0.1, 0.15) is 37.8 Å². The lowest BCUT2D eigenvalue weighted by Gasteiger charge is -2.53. The second-order valence-electron chi connectivity index (χ2n) is 8.83. The first-order chi connectivity index (χ1) is 14.4. The van der Waals surface area contributed by atoms with Crippen LogP contribution in [-0.2, 0) is 19.9 Å². The number of nitrogens with two attached hydrogens (primary N) is 1. The number of hydrogen-bond donors (Lipinski definition) is 3. The number of anilines is 1. The number of carbonyl (C=O) groups excluding carboxylic acids is 1. The van der Waals surface area contributed by atoms with E-state index in [0.29, 0.717) is 16.6 Å². The summed E-state index contributed by atoms with van der Waals surface area (Å²) in [5, 5.41) is 35.3. The van der Waals surface area contributed by atoms with Crippen LogP contribution >= 0.6 is 0 Å². The SMILES string of the molecule is N#C[C@@]1(c2ccc3c(N)ccnn23)O[C@H](COC(=O)C2CC3(CCC3)C2)[C@@H](O)[C@H]1O. The van der Waals surface area contributed by atoms with Crippen molar-refractivity contribution in [3.05, 3.63) is 30.1 Å². The van der Waals surface area contributed by atoms with E-state index in [-0.39, 0.29) is 24.2 Å². The number of nitriles is 1. The fraction of sp³-hybridized carbons (Fsp3) is 0.571. The summed E-state index contributed by atoms with van der Waals surface area (Å²) in [4.78, 5) is 12.4. The Hall–Kier alpha value is -2.67. The van der Waals surface area contributed by atoms with Crippen molar-refractivity contribution in [3.8, 4) is 6.07 Å². The molecule has 30 heavy (non-hydrogen) atoms. The van der Waals surface area contributed by atoms with Crippen molar-refractivity contribution < 1.29 is 24.5 Å². The van der Waals surface area contributed by atoms with Crippen molar-refractivity contribution in [1.82, 2.24) is 9.61 Å². The van der Waals surface area contributed by atoms with Crippen LogP contribution in [-0.4, -0.2) is 50.7 Å². The van der Waals surface area contributed by atoms with Gasteiger partial charge in [0.2, 0.25) is 5.60 Å². The van der Waals surface area contributed by atoms with Gasteiger partial charge in [-0.05, 0) is 49.3 Å². The quantitative estimate of drug-likeness (QED) is 0.628. The predicted molar refractivity (Wildman–Crippen MR) is 104 cm³/mol. The molecule has 2 aromatic rings. The van der Waals surface area contributed by atoms with E-state index in [1.165, 1.54) is 30.0 Å². The maximum absolute atomic E-state index is 12.4.